The third kappa shape index (κ3) is 1.31. The van der Waals surface area contributed by atoms with Gasteiger partial charge in [0.15, 0.2) is 0 Å². The first-order chi connectivity index (χ1) is 6.95. The number of benzene rings is 1. The van der Waals surface area contributed by atoms with E-state index in [9.17, 15) is 0 Å². The lowest BCUT2D eigenvalue weighted by atomic mass is 10.1. The molecule has 3 rings (SSSR count). The highest BCUT2D eigenvalue weighted by Crippen LogP contribution is 2.48. The Morgan fingerprint density at radius 3 is 2.79 bits per heavy atom. The lowest BCUT2D eigenvalue weighted by Gasteiger charge is -2.01. The Hall–Kier alpha value is -1.31. The first-order valence-corrected chi connectivity index (χ1v) is 5.28. The van der Waals surface area contributed by atoms with Gasteiger partial charge in [0.1, 0.15) is 5.84 Å². The summed E-state index contributed by atoms with van der Waals surface area (Å²) in [6.45, 7) is 2.00. The predicted octanol–water partition coefficient (Wildman–Crippen LogP) is 2.04. The zero-order valence-corrected chi connectivity index (χ0v) is 8.11. The summed E-state index contributed by atoms with van der Waals surface area (Å²) in [5.41, 5.74) is 1.47. The van der Waals surface area contributed by atoms with E-state index in [1.807, 2.05) is 0 Å². The summed E-state index contributed by atoms with van der Waals surface area (Å²) < 4.78 is 0. The summed E-state index contributed by atoms with van der Waals surface area (Å²) in [4.78, 5) is 4.48. The van der Waals surface area contributed by atoms with Crippen LogP contribution in [0, 0.1) is 5.92 Å². The van der Waals surface area contributed by atoms with Crippen LogP contribution in [0.1, 0.15) is 19.3 Å². The van der Waals surface area contributed by atoms with E-state index in [2.05, 4.69) is 40.6 Å². The molecule has 1 N–H and O–H groups in total. The fourth-order valence-electron chi connectivity index (χ4n) is 2.23. The number of nitrogens with one attached hydrogen (secondary N) is 1. The van der Waals surface area contributed by atoms with Crippen LogP contribution in [0.15, 0.2) is 35.3 Å². The van der Waals surface area contributed by atoms with Crippen molar-refractivity contribution in [2.24, 2.45) is 10.9 Å². The number of aliphatic imine (C=N–C) groups is 1. The summed E-state index contributed by atoms with van der Waals surface area (Å²) >= 11 is 0. The largest absolute Gasteiger partial charge is 0.372 e. The van der Waals surface area contributed by atoms with Crippen molar-refractivity contribution in [2.75, 3.05) is 13.1 Å². The van der Waals surface area contributed by atoms with Gasteiger partial charge >= 0.3 is 0 Å². The zero-order valence-electron chi connectivity index (χ0n) is 8.11. The number of rotatable bonds is 2. The zero-order chi connectivity index (χ0) is 9.38. The molecule has 2 aliphatic rings. The molecule has 1 fully saturated rings. The van der Waals surface area contributed by atoms with Gasteiger partial charge in [-0.15, -0.1) is 0 Å². The number of nitrogens with zero attached hydrogens (tertiary/aromatic N) is 1. The fourth-order valence-corrected chi connectivity index (χ4v) is 2.23. The second-order valence-electron chi connectivity index (χ2n) is 4.05. The molecule has 2 heteroatoms. The molecule has 1 aromatic carbocycles. The molecular formula is C12H16N2. The van der Waals surface area contributed by atoms with Crippen molar-refractivity contribution in [2.45, 2.75) is 12.3 Å². The summed E-state index contributed by atoms with van der Waals surface area (Å²) in [6, 6.07) is 10.8. The van der Waals surface area contributed by atoms with E-state index in [0.29, 0.717) is 5.92 Å². The van der Waals surface area contributed by atoms with Crippen molar-refractivity contribution < 1.29 is 1.43 Å². The third-order valence-electron chi connectivity index (χ3n) is 3.07. The quantitative estimate of drug-likeness (QED) is 0.754. The van der Waals surface area contributed by atoms with E-state index < -0.39 is 0 Å². The van der Waals surface area contributed by atoms with Gasteiger partial charge in [-0.05, 0) is 17.9 Å². The second kappa shape index (κ2) is 3.12. The van der Waals surface area contributed by atoms with Gasteiger partial charge in [-0.1, -0.05) is 30.3 Å². The van der Waals surface area contributed by atoms with Crippen LogP contribution < -0.4 is 5.32 Å². The van der Waals surface area contributed by atoms with Crippen molar-refractivity contribution >= 4 is 5.84 Å². The van der Waals surface area contributed by atoms with E-state index >= 15 is 0 Å². The van der Waals surface area contributed by atoms with Gasteiger partial charge in [0.05, 0.1) is 6.54 Å². The molecule has 1 aromatic rings. The Morgan fingerprint density at radius 2 is 2.07 bits per heavy atom. The highest BCUT2D eigenvalue weighted by molar-refractivity contribution is 5.89. The van der Waals surface area contributed by atoms with Crippen LogP contribution in [-0.4, -0.2) is 18.9 Å². The molecule has 0 bridgehead atoms. The Kier molecular flexibility index (Phi) is 1.79. The maximum absolute atomic E-state index is 4.48. The highest BCUT2D eigenvalue weighted by atomic mass is 15.1. The van der Waals surface area contributed by atoms with Gasteiger partial charge < -0.3 is 5.32 Å². The molecule has 1 aliphatic heterocycles. The van der Waals surface area contributed by atoms with Crippen molar-refractivity contribution in [3.8, 4) is 0 Å². The molecule has 14 heavy (non-hydrogen) atoms. The number of hydrogen-bond acceptors (Lipinski definition) is 2. The molecule has 0 saturated heterocycles. The van der Waals surface area contributed by atoms with Gasteiger partial charge in [0.25, 0.3) is 0 Å². The molecule has 0 amide bonds. The van der Waals surface area contributed by atoms with Crippen LogP contribution in [0.5, 0.6) is 0 Å². The molecule has 2 atom stereocenters. The van der Waals surface area contributed by atoms with Crippen LogP contribution in [0.2, 0.25) is 0 Å². The first-order valence-electron chi connectivity index (χ1n) is 5.28. The van der Waals surface area contributed by atoms with Crippen molar-refractivity contribution in [3.05, 3.63) is 35.9 Å². The molecule has 1 heterocycles. The van der Waals surface area contributed by atoms with E-state index in [4.69, 9.17) is 0 Å². The number of hydrogen-bond donors (Lipinski definition) is 1. The van der Waals surface area contributed by atoms with E-state index in [1.54, 1.807) is 0 Å². The summed E-state index contributed by atoms with van der Waals surface area (Å²) in [5, 5.41) is 3.37. The predicted molar refractivity (Wildman–Crippen MR) is 59.7 cm³/mol. The molecule has 74 valence electrons. The van der Waals surface area contributed by atoms with Crippen LogP contribution >= 0.6 is 0 Å². The molecule has 2 nitrogen and oxygen atoms in total. The maximum atomic E-state index is 4.48. The minimum absolute atomic E-state index is 0. The topological polar surface area (TPSA) is 24.4 Å². The summed E-state index contributed by atoms with van der Waals surface area (Å²) in [7, 11) is 0. The van der Waals surface area contributed by atoms with Gasteiger partial charge in [-0.2, -0.15) is 0 Å². The fraction of sp³-hybridized carbons (Fsp3) is 0.417. The molecule has 0 radical (unpaired) electrons. The Balaban J connectivity index is 0.000000853. The third-order valence-corrected chi connectivity index (χ3v) is 3.07. The van der Waals surface area contributed by atoms with E-state index in [0.717, 1.165) is 19.0 Å². The van der Waals surface area contributed by atoms with Gasteiger partial charge in [-0.25, -0.2) is 0 Å². The Labute approximate surface area is 85.5 Å². The average molecular weight is 188 g/mol. The summed E-state index contributed by atoms with van der Waals surface area (Å²) in [6.07, 6.45) is 1.27. The van der Waals surface area contributed by atoms with E-state index in [1.165, 1.54) is 17.8 Å². The minimum atomic E-state index is 0. The Morgan fingerprint density at radius 1 is 1.21 bits per heavy atom. The molecule has 0 aromatic heterocycles. The van der Waals surface area contributed by atoms with Gasteiger partial charge in [0, 0.05) is 13.9 Å². The van der Waals surface area contributed by atoms with Crippen molar-refractivity contribution in [1.82, 2.24) is 5.32 Å². The van der Waals surface area contributed by atoms with Gasteiger partial charge in [-0.3, -0.25) is 4.99 Å². The van der Waals surface area contributed by atoms with Crippen LogP contribution in [-0.2, 0) is 0 Å². The number of amidine groups is 1. The SMILES string of the molecule is [HH].c1ccc(C2CC2C2=NCCN2)cc1. The first kappa shape index (κ1) is 8.04. The van der Waals surface area contributed by atoms with Crippen molar-refractivity contribution in [1.29, 1.82) is 0 Å². The van der Waals surface area contributed by atoms with Crippen LogP contribution in [0.25, 0.3) is 0 Å². The minimum Gasteiger partial charge on any atom is -0.372 e. The molecule has 2 unspecified atom stereocenters. The molecule has 1 saturated carbocycles. The Bertz CT molecular complexity index is 361. The molecule has 1 aliphatic carbocycles. The highest BCUT2D eigenvalue weighted by Gasteiger charge is 2.42. The van der Waals surface area contributed by atoms with Gasteiger partial charge in [0.2, 0.25) is 0 Å². The second-order valence-corrected chi connectivity index (χ2v) is 4.05. The molecular weight excluding hydrogens is 172 g/mol. The maximum Gasteiger partial charge on any atom is 0.100 e. The normalized spacial score (nSPS) is 29.6. The molecule has 0 spiro atoms. The van der Waals surface area contributed by atoms with Crippen molar-refractivity contribution in [3.63, 3.8) is 0 Å². The van der Waals surface area contributed by atoms with Crippen LogP contribution in [0.4, 0.5) is 0 Å². The average Bonchev–Trinajstić information content (AvgIpc) is 2.87. The van der Waals surface area contributed by atoms with E-state index in [-0.39, 0.29) is 1.43 Å². The lowest BCUT2D eigenvalue weighted by Crippen LogP contribution is -2.20. The smallest absolute Gasteiger partial charge is 0.100 e. The van der Waals surface area contributed by atoms with Crippen LogP contribution in [0.3, 0.4) is 0 Å². The lowest BCUT2D eigenvalue weighted by molar-refractivity contribution is 0.933. The standard InChI is InChI=1S/C12H14N2.H2/c1-2-4-9(5-3-1)10-8-11(10)12-13-6-7-14-12;/h1-5,10-11H,6-8H2,(H,13,14);1H. The summed E-state index contributed by atoms with van der Waals surface area (Å²) in [5.74, 6) is 2.65. The monoisotopic (exact) mass is 188 g/mol.